The van der Waals surface area contributed by atoms with Gasteiger partial charge in [0.25, 0.3) is 0 Å². The maximum atomic E-state index is 7.10. The molecule has 1 aromatic rings. The second-order valence-electron chi connectivity index (χ2n) is 4.21. The van der Waals surface area contributed by atoms with Crippen LogP contribution in [0.1, 0.15) is 18.1 Å². The normalized spacial score (nSPS) is 8.48. The van der Waals surface area contributed by atoms with Gasteiger partial charge in [-0.25, -0.2) is 0 Å². The molecule has 0 saturated heterocycles. The van der Waals surface area contributed by atoms with Gasteiger partial charge >= 0.3 is 0 Å². The summed E-state index contributed by atoms with van der Waals surface area (Å²) in [5, 5.41) is 14.2. The summed E-state index contributed by atoms with van der Waals surface area (Å²) in [5.41, 5.74) is 11.1. The Bertz CT molecular complexity index is 422. The van der Waals surface area contributed by atoms with Crippen LogP contribution in [0.25, 0.3) is 0 Å². The molecule has 0 fully saturated rings. The molecule has 4 N–H and O–H groups in total. The maximum absolute atomic E-state index is 7.10. The van der Waals surface area contributed by atoms with Gasteiger partial charge in [0.15, 0.2) is 12.4 Å². The fraction of sp³-hybridized carbons (Fsp3) is 0.467. The highest BCUT2D eigenvalue weighted by Gasteiger charge is 2.02. The summed E-state index contributed by atoms with van der Waals surface area (Å²) in [6.45, 7) is 4.66. The summed E-state index contributed by atoms with van der Waals surface area (Å²) >= 11 is 0. The highest BCUT2D eigenvalue weighted by molar-refractivity contribution is 5.27. The predicted octanol–water partition coefficient (Wildman–Crippen LogP) is 1.18. The van der Waals surface area contributed by atoms with E-state index in [9.17, 15) is 0 Å². The zero-order chi connectivity index (χ0) is 16.5. The van der Waals surface area contributed by atoms with Crippen LogP contribution in [0.3, 0.4) is 0 Å². The molecule has 0 radical (unpaired) electrons. The quantitative estimate of drug-likeness (QED) is 0.462. The van der Waals surface area contributed by atoms with Crippen molar-refractivity contribution in [2.24, 2.45) is 11.5 Å². The molecule has 0 saturated carbocycles. The van der Waals surface area contributed by atoms with Crippen LogP contribution >= 0.6 is 0 Å². The first-order valence-electron chi connectivity index (χ1n) is 6.55. The molecule has 21 heavy (non-hydrogen) atoms. The highest BCUT2D eigenvalue weighted by atomic mass is 16.5. The van der Waals surface area contributed by atoms with E-state index < -0.39 is 0 Å². The lowest BCUT2D eigenvalue weighted by molar-refractivity contribution is 0.150. The molecule has 0 bridgehead atoms. The number of hydrogen-bond donors (Lipinski definition) is 2. The fourth-order valence-corrected chi connectivity index (χ4v) is 1.62. The smallest absolute Gasteiger partial charge is 0.173 e. The Kier molecular flexibility index (Phi) is 15.8. The maximum Gasteiger partial charge on any atom is 0.173 e. The van der Waals surface area contributed by atoms with E-state index in [2.05, 4.69) is 54.7 Å². The standard InChI is InChI=1S/C13H21NO.2CH2N2/c1-4-15-10-9-12-7-5-6-8-13(12)11-14(2)3;2*2-1-3/h5-8H,4,9-11H2,1-3H3;2*2H2. The lowest BCUT2D eigenvalue weighted by Gasteiger charge is -2.14. The number of nitrogens with zero attached hydrogens (tertiary/aromatic N) is 3. The molecule has 6 heteroatoms. The van der Waals surface area contributed by atoms with E-state index in [1.807, 2.05) is 6.92 Å². The van der Waals surface area contributed by atoms with Crippen molar-refractivity contribution in [3.8, 4) is 12.4 Å². The van der Waals surface area contributed by atoms with Crippen molar-refractivity contribution in [2.75, 3.05) is 27.3 Å². The SMILES string of the molecule is CCOCCc1ccccc1CN(C)C.N#CN.N#CN. The van der Waals surface area contributed by atoms with Crippen LogP contribution in [0, 0.1) is 22.9 Å². The van der Waals surface area contributed by atoms with E-state index in [0.29, 0.717) is 0 Å². The lowest BCUT2D eigenvalue weighted by atomic mass is 10.0. The topological polar surface area (TPSA) is 112 Å². The first-order chi connectivity index (χ1) is 10.1. The molecule has 0 aliphatic rings. The predicted molar refractivity (Wildman–Crippen MR) is 83.6 cm³/mol. The Morgan fingerprint density at radius 2 is 1.57 bits per heavy atom. The molecule has 6 nitrogen and oxygen atoms in total. The van der Waals surface area contributed by atoms with Crippen LogP contribution in [-0.2, 0) is 17.7 Å². The summed E-state index contributed by atoms with van der Waals surface area (Å²) < 4.78 is 5.38. The van der Waals surface area contributed by atoms with E-state index in [-0.39, 0.29) is 0 Å². The summed E-state index contributed by atoms with van der Waals surface area (Å²) in [4.78, 5) is 2.19. The van der Waals surface area contributed by atoms with Crippen LogP contribution in [0.4, 0.5) is 0 Å². The Labute approximate surface area is 127 Å². The van der Waals surface area contributed by atoms with Gasteiger partial charge in [0.1, 0.15) is 0 Å². The Balaban J connectivity index is 0. The molecule has 0 aromatic heterocycles. The van der Waals surface area contributed by atoms with Crippen molar-refractivity contribution in [1.82, 2.24) is 4.90 Å². The third-order valence-corrected chi connectivity index (χ3v) is 2.32. The second-order valence-corrected chi connectivity index (χ2v) is 4.21. The molecular formula is C15H25N5O. The van der Waals surface area contributed by atoms with Crippen LogP contribution in [0.15, 0.2) is 24.3 Å². The summed E-state index contributed by atoms with van der Waals surface area (Å²) in [6, 6.07) is 8.59. The van der Waals surface area contributed by atoms with E-state index in [0.717, 1.165) is 26.2 Å². The highest BCUT2D eigenvalue weighted by Crippen LogP contribution is 2.11. The van der Waals surface area contributed by atoms with Crippen LogP contribution in [0.2, 0.25) is 0 Å². The van der Waals surface area contributed by atoms with E-state index in [4.69, 9.17) is 15.3 Å². The zero-order valence-electron chi connectivity index (χ0n) is 13.0. The van der Waals surface area contributed by atoms with E-state index in [1.165, 1.54) is 23.5 Å². The first-order valence-corrected chi connectivity index (χ1v) is 6.55. The van der Waals surface area contributed by atoms with Gasteiger partial charge < -0.3 is 21.1 Å². The Morgan fingerprint density at radius 3 is 2.00 bits per heavy atom. The molecule has 0 aliphatic carbocycles. The summed E-state index contributed by atoms with van der Waals surface area (Å²) in [7, 11) is 4.19. The number of ether oxygens (including phenoxy) is 1. The molecular weight excluding hydrogens is 266 g/mol. The van der Waals surface area contributed by atoms with Crippen molar-refractivity contribution in [3.05, 3.63) is 35.4 Å². The van der Waals surface area contributed by atoms with Crippen LogP contribution in [-0.4, -0.2) is 32.2 Å². The molecule has 0 atom stereocenters. The van der Waals surface area contributed by atoms with Gasteiger partial charge in [-0.1, -0.05) is 24.3 Å². The molecule has 116 valence electrons. The number of benzene rings is 1. The summed E-state index contributed by atoms with van der Waals surface area (Å²) in [5.74, 6) is 0. The zero-order valence-corrected chi connectivity index (χ0v) is 13.0. The average molecular weight is 291 g/mol. The van der Waals surface area contributed by atoms with E-state index >= 15 is 0 Å². The molecule has 0 spiro atoms. The van der Waals surface area contributed by atoms with Crippen molar-refractivity contribution >= 4 is 0 Å². The summed E-state index contributed by atoms with van der Waals surface area (Å²) in [6.07, 6.45) is 3.51. The molecule has 0 aliphatic heterocycles. The minimum Gasteiger partial charge on any atom is -0.381 e. The third kappa shape index (κ3) is 13.9. The second kappa shape index (κ2) is 15.8. The monoisotopic (exact) mass is 291 g/mol. The number of rotatable bonds is 6. The largest absolute Gasteiger partial charge is 0.381 e. The lowest BCUT2D eigenvalue weighted by Crippen LogP contribution is -2.13. The van der Waals surface area contributed by atoms with Crippen molar-refractivity contribution in [1.29, 1.82) is 10.5 Å². The van der Waals surface area contributed by atoms with Crippen LogP contribution < -0.4 is 11.5 Å². The van der Waals surface area contributed by atoms with E-state index in [1.54, 1.807) is 0 Å². The fourth-order valence-electron chi connectivity index (χ4n) is 1.62. The van der Waals surface area contributed by atoms with Crippen molar-refractivity contribution in [2.45, 2.75) is 19.9 Å². The van der Waals surface area contributed by atoms with Gasteiger partial charge in [-0.3, -0.25) is 0 Å². The molecule has 0 amide bonds. The minimum absolute atomic E-state index is 0.801. The third-order valence-electron chi connectivity index (χ3n) is 2.32. The minimum atomic E-state index is 0.801. The molecule has 1 aromatic carbocycles. The van der Waals surface area contributed by atoms with Crippen molar-refractivity contribution < 1.29 is 4.74 Å². The van der Waals surface area contributed by atoms with Gasteiger partial charge in [0, 0.05) is 13.2 Å². The first kappa shape index (κ1) is 21.0. The van der Waals surface area contributed by atoms with Gasteiger partial charge in [-0.2, -0.15) is 10.5 Å². The van der Waals surface area contributed by atoms with Gasteiger partial charge in [-0.05, 0) is 38.6 Å². The van der Waals surface area contributed by atoms with Crippen molar-refractivity contribution in [3.63, 3.8) is 0 Å². The Hall–Kier alpha value is -2.28. The number of nitrogens with two attached hydrogens (primary N) is 2. The number of hydrogen-bond acceptors (Lipinski definition) is 6. The molecule has 0 heterocycles. The van der Waals surface area contributed by atoms with Gasteiger partial charge in [-0.15, -0.1) is 0 Å². The Morgan fingerprint density at radius 1 is 1.10 bits per heavy atom. The van der Waals surface area contributed by atoms with Crippen LogP contribution in [0.5, 0.6) is 0 Å². The number of nitriles is 2. The molecule has 0 unspecified atom stereocenters. The van der Waals surface area contributed by atoms with Gasteiger partial charge in [0.05, 0.1) is 6.61 Å². The van der Waals surface area contributed by atoms with Gasteiger partial charge in [0.2, 0.25) is 0 Å². The average Bonchev–Trinajstić information content (AvgIpc) is 2.42. The molecule has 1 rings (SSSR count).